The van der Waals surface area contributed by atoms with E-state index < -0.39 is 0 Å². The van der Waals surface area contributed by atoms with Gasteiger partial charge in [-0.15, -0.1) is 11.3 Å². The van der Waals surface area contributed by atoms with Gasteiger partial charge in [0.2, 0.25) is 0 Å². The molecule has 0 unspecified atom stereocenters. The number of aromatic nitrogens is 2. The molecule has 0 aliphatic rings. The van der Waals surface area contributed by atoms with Crippen molar-refractivity contribution < 1.29 is 0 Å². The first-order valence-electron chi connectivity index (χ1n) is 9.36. The molecule has 0 spiro atoms. The first-order chi connectivity index (χ1) is 13.8. The van der Waals surface area contributed by atoms with Crippen molar-refractivity contribution in [1.82, 2.24) is 9.97 Å². The van der Waals surface area contributed by atoms with Crippen LogP contribution in [0.25, 0.3) is 53.1 Å². The number of hydrogen-bond donors (Lipinski definition) is 0. The molecular weight excluding hydrogens is 360 g/mol. The highest BCUT2D eigenvalue weighted by molar-refractivity contribution is 7.26. The Hall–Kier alpha value is -3.30. The summed E-state index contributed by atoms with van der Waals surface area (Å²) in [6.45, 7) is 1.98. The molecule has 2 aromatic heterocycles. The summed E-state index contributed by atoms with van der Waals surface area (Å²) < 4.78 is 2.42. The molecule has 0 aliphatic carbocycles. The van der Waals surface area contributed by atoms with Crippen LogP contribution in [0.5, 0.6) is 0 Å². The Morgan fingerprint density at radius 3 is 2.36 bits per heavy atom. The molecule has 28 heavy (non-hydrogen) atoms. The summed E-state index contributed by atoms with van der Waals surface area (Å²) in [6.07, 6.45) is 0. The van der Waals surface area contributed by atoms with Crippen molar-refractivity contribution in [2.45, 2.75) is 6.92 Å². The molecule has 0 amide bonds. The van der Waals surface area contributed by atoms with Gasteiger partial charge in [-0.25, -0.2) is 9.97 Å². The lowest BCUT2D eigenvalue weighted by atomic mass is 10.0. The Bertz CT molecular complexity index is 1530. The Morgan fingerprint density at radius 1 is 0.714 bits per heavy atom. The molecule has 6 aromatic rings. The van der Waals surface area contributed by atoms with E-state index in [-0.39, 0.29) is 0 Å². The van der Waals surface area contributed by atoms with E-state index in [2.05, 4.69) is 78.9 Å². The number of hydrogen-bond acceptors (Lipinski definition) is 3. The van der Waals surface area contributed by atoms with Gasteiger partial charge in [-0.2, -0.15) is 0 Å². The van der Waals surface area contributed by atoms with Crippen LogP contribution in [-0.4, -0.2) is 9.97 Å². The Kier molecular flexibility index (Phi) is 3.28. The zero-order valence-electron chi connectivity index (χ0n) is 15.3. The van der Waals surface area contributed by atoms with Gasteiger partial charge in [0.1, 0.15) is 5.82 Å². The second-order valence-electron chi connectivity index (χ2n) is 7.12. The van der Waals surface area contributed by atoms with Crippen LogP contribution < -0.4 is 0 Å². The molecule has 0 fully saturated rings. The van der Waals surface area contributed by atoms with Gasteiger partial charge in [0.05, 0.1) is 15.9 Å². The van der Waals surface area contributed by atoms with Crippen molar-refractivity contribution in [2.24, 2.45) is 0 Å². The number of thiophene rings is 1. The van der Waals surface area contributed by atoms with Crippen LogP contribution in [0.3, 0.4) is 0 Å². The fraction of sp³-hybridized carbons (Fsp3) is 0.0400. The molecule has 0 bridgehead atoms. The molecule has 132 valence electrons. The predicted octanol–water partition coefficient (Wildman–Crippen LogP) is 7.13. The van der Waals surface area contributed by atoms with Crippen LogP contribution >= 0.6 is 11.3 Å². The van der Waals surface area contributed by atoms with Gasteiger partial charge in [-0.05, 0) is 40.6 Å². The van der Waals surface area contributed by atoms with Crippen molar-refractivity contribution in [2.75, 3.05) is 0 Å². The van der Waals surface area contributed by atoms with Crippen LogP contribution in [0, 0.1) is 6.92 Å². The van der Waals surface area contributed by atoms with Gasteiger partial charge in [-0.3, -0.25) is 0 Å². The third-order valence-electron chi connectivity index (χ3n) is 5.34. The lowest BCUT2D eigenvalue weighted by Gasteiger charge is -2.06. The fourth-order valence-corrected chi connectivity index (χ4v) is 5.22. The molecule has 0 radical (unpaired) electrons. The van der Waals surface area contributed by atoms with E-state index >= 15 is 0 Å². The van der Waals surface area contributed by atoms with Crippen molar-refractivity contribution in [3.05, 3.63) is 84.7 Å². The average molecular weight is 376 g/mol. The maximum Gasteiger partial charge on any atom is 0.126 e. The summed E-state index contributed by atoms with van der Waals surface area (Å²) in [5, 5.41) is 6.23. The maximum absolute atomic E-state index is 4.86. The molecule has 3 heteroatoms. The van der Waals surface area contributed by atoms with E-state index in [1.807, 2.05) is 6.92 Å². The lowest BCUT2D eigenvalue weighted by molar-refractivity contribution is 1.10. The summed E-state index contributed by atoms with van der Waals surface area (Å²) in [4.78, 5) is 9.71. The van der Waals surface area contributed by atoms with Gasteiger partial charge in [0, 0.05) is 15.6 Å². The lowest BCUT2D eigenvalue weighted by Crippen LogP contribution is -1.92. The highest BCUT2D eigenvalue weighted by Gasteiger charge is 2.16. The zero-order valence-corrected chi connectivity index (χ0v) is 16.1. The summed E-state index contributed by atoms with van der Waals surface area (Å²) in [7, 11) is 0. The Balaban J connectivity index is 1.74. The first kappa shape index (κ1) is 15.7. The SMILES string of the molecule is Cc1nc(-c2ccc3ccccc3c2)c2sc3ccc4ccccc4c3c2n1. The molecule has 0 N–H and O–H groups in total. The van der Waals surface area contributed by atoms with Gasteiger partial charge in [-0.1, -0.05) is 66.7 Å². The molecule has 0 aliphatic heterocycles. The van der Waals surface area contributed by atoms with Gasteiger partial charge in [0.25, 0.3) is 0 Å². The standard InChI is InChI=1S/C25H16N2S/c1-15-26-23(19-11-10-16-6-2-3-8-18(16)14-19)25-24(27-15)22-20-9-5-4-7-17(20)12-13-21(22)28-25/h2-14H,1H3. The summed E-state index contributed by atoms with van der Waals surface area (Å²) >= 11 is 1.79. The van der Waals surface area contributed by atoms with Crippen LogP contribution in [0.4, 0.5) is 0 Å². The average Bonchev–Trinajstić information content (AvgIpc) is 3.11. The van der Waals surface area contributed by atoms with Crippen molar-refractivity contribution >= 4 is 53.2 Å². The number of nitrogens with zero attached hydrogens (tertiary/aromatic N) is 2. The highest BCUT2D eigenvalue weighted by atomic mass is 32.1. The van der Waals surface area contributed by atoms with Crippen LogP contribution in [0.15, 0.2) is 78.9 Å². The van der Waals surface area contributed by atoms with E-state index in [1.54, 1.807) is 11.3 Å². The number of fused-ring (bicyclic) bond motifs is 6. The second kappa shape index (κ2) is 5.85. The third-order valence-corrected chi connectivity index (χ3v) is 6.49. The van der Waals surface area contributed by atoms with Crippen molar-refractivity contribution in [3.8, 4) is 11.3 Å². The fourth-order valence-electron chi connectivity index (χ4n) is 4.05. The Labute approximate surface area is 166 Å². The first-order valence-corrected chi connectivity index (χ1v) is 10.2. The van der Waals surface area contributed by atoms with Gasteiger partial charge in [0.15, 0.2) is 0 Å². The van der Waals surface area contributed by atoms with Crippen molar-refractivity contribution in [1.29, 1.82) is 0 Å². The monoisotopic (exact) mass is 376 g/mol. The Morgan fingerprint density at radius 2 is 1.46 bits per heavy atom. The quantitative estimate of drug-likeness (QED) is 0.305. The van der Waals surface area contributed by atoms with E-state index in [1.165, 1.54) is 31.6 Å². The van der Waals surface area contributed by atoms with E-state index in [0.717, 1.165) is 27.3 Å². The smallest absolute Gasteiger partial charge is 0.126 e. The molecule has 0 saturated carbocycles. The number of aryl methyl sites for hydroxylation is 1. The molecule has 6 rings (SSSR count). The second-order valence-corrected chi connectivity index (χ2v) is 8.17. The molecule has 0 atom stereocenters. The highest BCUT2D eigenvalue weighted by Crippen LogP contribution is 2.41. The summed E-state index contributed by atoms with van der Waals surface area (Å²) in [6, 6.07) is 28.0. The van der Waals surface area contributed by atoms with Gasteiger partial charge >= 0.3 is 0 Å². The molecule has 0 saturated heterocycles. The molecule has 2 heterocycles. The van der Waals surface area contributed by atoms with E-state index in [0.29, 0.717) is 0 Å². The van der Waals surface area contributed by atoms with Crippen LogP contribution in [0.1, 0.15) is 5.82 Å². The minimum atomic E-state index is 0.809. The number of rotatable bonds is 1. The van der Waals surface area contributed by atoms with Crippen LogP contribution in [-0.2, 0) is 0 Å². The van der Waals surface area contributed by atoms with Crippen molar-refractivity contribution in [3.63, 3.8) is 0 Å². The van der Waals surface area contributed by atoms with E-state index in [4.69, 9.17) is 9.97 Å². The minimum absolute atomic E-state index is 0.809. The normalized spacial score (nSPS) is 11.8. The topological polar surface area (TPSA) is 25.8 Å². The number of benzene rings is 4. The molecule has 2 nitrogen and oxygen atoms in total. The summed E-state index contributed by atoms with van der Waals surface area (Å²) in [5.74, 6) is 0.809. The predicted molar refractivity (Wildman–Crippen MR) is 120 cm³/mol. The minimum Gasteiger partial charge on any atom is -0.232 e. The molecule has 4 aromatic carbocycles. The molecular formula is C25H16N2S. The summed E-state index contributed by atoms with van der Waals surface area (Å²) in [5.41, 5.74) is 3.23. The van der Waals surface area contributed by atoms with Gasteiger partial charge < -0.3 is 0 Å². The largest absolute Gasteiger partial charge is 0.232 e. The van der Waals surface area contributed by atoms with E-state index in [9.17, 15) is 0 Å². The maximum atomic E-state index is 4.86. The zero-order chi connectivity index (χ0) is 18.7. The third kappa shape index (κ3) is 2.26. The van der Waals surface area contributed by atoms with Crippen LogP contribution in [0.2, 0.25) is 0 Å².